The molecule has 1 N–H and O–H groups in total. The first-order valence-corrected chi connectivity index (χ1v) is 4.22. The number of hydrogen-bond acceptors (Lipinski definition) is 2. The molecule has 15 heavy (non-hydrogen) atoms. The summed E-state index contributed by atoms with van der Waals surface area (Å²) in [7, 11) is 0. The highest BCUT2D eigenvalue weighted by Gasteiger charge is 2.42. The molecule has 1 rings (SSSR count). The third kappa shape index (κ3) is 3.36. The van der Waals surface area contributed by atoms with Gasteiger partial charge in [-0.25, -0.2) is 0 Å². The first-order valence-electron chi connectivity index (χ1n) is 4.22. The van der Waals surface area contributed by atoms with Crippen molar-refractivity contribution in [2.24, 2.45) is 0 Å². The molecule has 0 bridgehead atoms. The Balaban J connectivity index is 2.65. The Labute approximate surface area is 84.3 Å². The fourth-order valence-electron chi connectivity index (χ4n) is 1.08. The van der Waals surface area contributed by atoms with Crippen molar-refractivity contribution in [1.82, 2.24) is 0 Å². The smallest absolute Gasteiger partial charge is 0.377 e. The largest absolute Gasteiger partial charge is 0.421 e. The number of aliphatic hydroxyl groups excluding tert-OH is 1. The van der Waals surface area contributed by atoms with E-state index in [1.54, 1.807) is 18.2 Å². The molecule has 0 aromatic heterocycles. The first kappa shape index (κ1) is 11.7. The molecule has 5 heteroatoms. The summed E-state index contributed by atoms with van der Waals surface area (Å²) in [6.07, 6.45) is -8.19. The van der Waals surface area contributed by atoms with E-state index in [0.29, 0.717) is 5.56 Å². The minimum atomic E-state index is -4.88. The van der Waals surface area contributed by atoms with Crippen molar-refractivity contribution >= 4 is 5.78 Å². The molecular formula is C10H9F3O2. The topological polar surface area (TPSA) is 37.3 Å². The van der Waals surface area contributed by atoms with Gasteiger partial charge in [0.2, 0.25) is 6.10 Å². The van der Waals surface area contributed by atoms with Gasteiger partial charge in [-0.05, 0) is 5.56 Å². The molecule has 0 saturated heterocycles. The first-order chi connectivity index (χ1) is 6.91. The van der Waals surface area contributed by atoms with E-state index in [4.69, 9.17) is 5.11 Å². The van der Waals surface area contributed by atoms with Crippen molar-refractivity contribution in [3.05, 3.63) is 35.9 Å². The summed E-state index contributed by atoms with van der Waals surface area (Å²) in [5.74, 6) is -1.24. The van der Waals surface area contributed by atoms with Crippen LogP contribution in [0.25, 0.3) is 0 Å². The lowest BCUT2D eigenvalue weighted by molar-refractivity contribution is -0.203. The highest BCUT2D eigenvalue weighted by molar-refractivity contribution is 5.85. The number of rotatable bonds is 3. The molecule has 0 saturated carbocycles. The molecule has 0 spiro atoms. The number of benzene rings is 1. The number of carbonyl (C=O) groups excluding carboxylic acids is 1. The Morgan fingerprint density at radius 3 is 2.27 bits per heavy atom. The number of alkyl halides is 3. The number of ketones is 1. The molecule has 1 atom stereocenters. The van der Waals surface area contributed by atoms with Gasteiger partial charge in [0.25, 0.3) is 0 Å². The number of aliphatic hydroxyl groups is 1. The molecule has 0 heterocycles. The highest BCUT2D eigenvalue weighted by atomic mass is 19.4. The van der Waals surface area contributed by atoms with E-state index in [-0.39, 0.29) is 0 Å². The van der Waals surface area contributed by atoms with E-state index in [1.807, 2.05) is 0 Å². The van der Waals surface area contributed by atoms with Gasteiger partial charge in [-0.3, -0.25) is 4.79 Å². The third-order valence-electron chi connectivity index (χ3n) is 1.84. The van der Waals surface area contributed by atoms with Gasteiger partial charge in [0.05, 0.1) is 0 Å². The van der Waals surface area contributed by atoms with Crippen LogP contribution in [0.15, 0.2) is 30.3 Å². The van der Waals surface area contributed by atoms with Gasteiger partial charge in [-0.2, -0.15) is 13.2 Å². The van der Waals surface area contributed by atoms with Crippen LogP contribution < -0.4 is 0 Å². The average Bonchev–Trinajstić information content (AvgIpc) is 2.16. The van der Waals surface area contributed by atoms with Gasteiger partial charge < -0.3 is 5.11 Å². The lowest BCUT2D eigenvalue weighted by Gasteiger charge is -2.12. The molecule has 82 valence electrons. The molecule has 1 aromatic carbocycles. The molecule has 0 aliphatic rings. The van der Waals surface area contributed by atoms with Gasteiger partial charge in [0.1, 0.15) is 0 Å². The van der Waals surface area contributed by atoms with Crippen LogP contribution >= 0.6 is 0 Å². The quantitative estimate of drug-likeness (QED) is 0.838. The van der Waals surface area contributed by atoms with E-state index in [0.717, 1.165) is 0 Å². The molecule has 0 radical (unpaired) electrons. The Bertz CT molecular complexity index is 332. The summed E-state index contributed by atoms with van der Waals surface area (Å²) in [6, 6.07) is 7.97. The van der Waals surface area contributed by atoms with Crippen LogP contribution in [0, 0.1) is 0 Å². The Morgan fingerprint density at radius 1 is 1.27 bits per heavy atom. The van der Waals surface area contributed by atoms with E-state index in [2.05, 4.69) is 0 Å². The number of Topliss-reactive ketones (excluding diaryl/α,β-unsaturated/α-hetero) is 1. The number of carbonyl (C=O) groups is 1. The van der Waals surface area contributed by atoms with Crippen molar-refractivity contribution in [1.29, 1.82) is 0 Å². The maximum atomic E-state index is 11.9. The number of halogens is 3. The van der Waals surface area contributed by atoms with Crippen molar-refractivity contribution in [2.75, 3.05) is 0 Å². The average molecular weight is 218 g/mol. The highest BCUT2D eigenvalue weighted by Crippen LogP contribution is 2.21. The van der Waals surface area contributed by atoms with Gasteiger partial charge in [-0.1, -0.05) is 30.3 Å². The van der Waals surface area contributed by atoms with Crippen LogP contribution in [-0.4, -0.2) is 23.2 Å². The third-order valence-corrected chi connectivity index (χ3v) is 1.84. The van der Waals surface area contributed by atoms with Gasteiger partial charge in [0, 0.05) is 6.42 Å². The summed E-state index contributed by atoms with van der Waals surface area (Å²) in [5, 5.41) is 8.64. The molecule has 0 aliphatic carbocycles. The van der Waals surface area contributed by atoms with Gasteiger partial charge >= 0.3 is 6.18 Å². The second kappa shape index (κ2) is 4.44. The standard InChI is InChI=1S/C10H9F3O2/c11-10(12,13)9(15)8(14)6-7-4-2-1-3-5-7/h1-5,9,15H,6H2/t9-/m1/s1. The van der Waals surface area contributed by atoms with Crippen LogP contribution in [0.2, 0.25) is 0 Å². The van der Waals surface area contributed by atoms with E-state index < -0.39 is 24.5 Å². The molecule has 2 nitrogen and oxygen atoms in total. The fraction of sp³-hybridized carbons (Fsp3) is 0.300. The van der Waals surface area contributed by atoms with E-state index in [9.17, 15) is 18.0 Å². The van der Waals surface area contributed by atoms with Crippen LogP contribution in [0.1, 0.15) is 5.56 Å². The molecular weight excluding hydrogens is 209 g/mol. The minimum Gasteiger partial charge on any atom is -0.377 e. The van der Waals surface area contributed by atoms with Gasteiger partial charge in [0.15, 0.2) is 5.78 Å². The molecule has 0 aliphatic heterocycles. The van der Waals surface area contributed by atoms with Crippen LogP contribution in [0.3, 0.4) is 0 Å². The predicted octanol–water partition coefficient (Wildman–Crippen LogP) is 1.72. The monoisotopic (exact) mass is 218 g/mol. The number of hydrogen-bond donors (Lipinski definition) is 1. The van der Waals surface area contributed by atoms with Crippen LogP contribution in [0.5, 0.6) is 0 Å². The second-order valence-electron chi connectivity index (χ2n) is 3.07. The summed E-state index contributed by atoms with van der Waals surface area (Å²) < 4.78 is 35.8. The molecule has 1 aromatic rings. The minimum absolute atomic E-state index is 0.415. The van der Waals surface area contributed by atoms with E-state index >= 15 is 0 Å². The maximum absolute atomic E-state index is 11.9. The van der Waals surface area contributed by atoms with Crippen LogP contribution in [0.4, 0.5) is 13.2 Å². The van der Waals surface area contributed by atoms with Crippen molar-refractivity contribution in [2.45, 2.75) is 18.7 Å². The van der Waals surface area contributed by atoms with E-state index in [1.165, 1.54) is 12.1 Å². The van der Waals surface area contributed by atoms with Crippen molar-refractivity contribution < 1.29 is 23.1 Å². The fourth-order valence-corrected chi connectivity index (χ4v) is 1.08. The van der Waals surface area contributed by atoms with Crippen molar-refractivity contribution in [3.63, 3.8) is 0 Å². The summed E-state index contributed by atoms with van der Waals surface area (Å²) in [4.78, 5) is 11.0. The maximum Gasteiger partial charge on any atom is 0.421 e. The Hall–Kier alpha value is -1.36. The zero-order chi connectivity index (χ0) is 11.5. The predicted molar refractivity (Wildman–Crippen MR) is 47.2 cm³/mol. The zero-order valence-corrected chi connectivity index (χ0v) is 7.66. The van der Waals surface area contributed by atoms with Gasteiger partial charge in [-0.15, -0.1) is 0 Å². The Kier molecular flexibility index (Phi) is 3.47. The molecule has 0 amide bonds. The second-order valence-corrected chi connectivity index (χ2v) is 3.07. The summed E-state index contributed by atoms with van der Waals surface area (Å²) >= 11 is 0. The molecule has 0 unspecified atom stereocenters. The lowest BCUT2D eigenvalue weighted by atomic mass is 10.1. The Morgan fingerprint density at radius 2 is 1.80 bits per heavy atom. The lowest BCUT2D eigenvalue weighted by Crippen LogP contribution is -2.37. The van der Waals surface area contributed by atoms with Crippen molar-refractivity contribution in [3.8, 4) is 0 Å². The normalized spacial score (nSPS) is 13.6. The SMILES string of the molecule is O=C(Cc1ccccc1)[C@@H](O)C(F)(F)F. The zero-order valence-electron chi connectivity index (χ0n) is 7.66. The summed E-state index contributed by atoms with van der Waals surface area (Å²) in [5.41, 5.74) is 0.450. The molecule has 0 fully saturated rings. The van der Waals surface area contributed by atoms with Crippen LogP contribution in [-0.2, 0) is 11.2 Å². The summed E-state index contributed by atoms with van der Waals surface area (Å²) in [6.45, 7) is 0.